The Kier molecular flexibility index (Phi) is 3.87. The number of benzene rings is 1. The Hall–Kier alpha value is -2.67. The summed E-state index contributed by atoms with van der Waals surface area (Å²) in [7, 11) is 0. The first-order chi connectivity index (χ1) is 11.0. The molecule has 1 saturated heterocycles. The average Bonchev–Trinajstić information content (AvgIpc) is 3.11. The number of imide groups is 1. The fourth-order valence-electron chi connectivity index (χ4n) is 3.03. The molecule has 1 aliphatic rings. The van der Waals surface area contributed by atoms with E-state index in [1.807, 2.05) is 24.3 Å². The molecule has 0 spiro atoms. The van der Waals surface area contributed by atoms with E-state index in [4.69, 9.17) is 11.5 Å². The van der Waals surface area contributed by atoms with Crippen LogP contribution < -0.4 is 11.5 Å². The van der Waals surface area contributed by atoms with Crippen molar-refractivity contribution >= 4 is 28.6 Å². The van der Waals surface area contributed by atoms with E-state index in [0.717, 1.165) is 21.4 Å². The van der Waals surface area contributed by atoms with Gasteiger partial charge in [-0.15, -0.1) is 0 Å². The Morgan fingerprint density at radius 2 is 2.09 bits per heavy atom. The largest absolute Gasteiger partial charge is 0.368 e. The van der Waals surface area contributed by atoms with Gasteiger partial charge in [-0.2, -0.15) is 0 Å². The van der Waals surface area contributed by atoms with Gasteiger partial charge in [0, 0.05) is 23.5 Å². The molecule has 0 aliphatic carbocycles. The lowest BCUT2D eigenvalue weighted by Gasteiger charge is -2.23. The zero-order valence-corrected chi connectivity index (χ0v) is 12.5. The van der Waals surface area contributed by atoms with Crippen molar-refractivity contribution < 1.29 is 14.4 Å². The molecule has 3 amide bonds. The summed E-state index contributed by atoms with van der Waals surface area (Å²) in [5.74, 6) is -1.63. The van der Waals surface area contributed by atoms with Gasteiger partial charge in [0.25, 0.3) is 0 Å². The molecule has 3 rings (SSSR count). The number of aromatic nitrogens is 1. The Morgan fingerprint density at radius 3 is 2.83 bits per heavy atom. The quantitative estimate of drug-likeness (QED) is 0.737. The lowest BCUT2D eigenvalue weighted by molar-refractivity contribution is -0.148. The number of likely N-dealkylation sites (tertiary alicyclic amines) is 1. The van der Waals surface area contributed by atoms with Crippen LogP contribution in [0.5, 0.6) is 0 Å². The molecule has 5 N–H and O–H groups in total. The number of nitrogens with two attached hydrogens (primary N) is 2. The highest BCUT2D eigenvalue weighted by Gasteiger charge is 2.40. The molecular formula is C16H18N4O3. The summed E-state index contributed by atoms with van der Waals surface area (Å²) in [6, 6.07) is 5.89. The zero-order chi connectivity index (χ0) is 16.6. The van der Waals surface area contributed by atoms with Crippen molar-refractivity contribution in [2.24, 2.45) is 11.5 Å². The Bertz CT molecular complexity index is 782. The number of amides is 3. The summed E-state index contributed by atoms with van der Waals surface area (Å²) in [6.07, 6.45) is 2.48. The maximum absolute atomic E-state index is 12.5. The van der Waals surface area contributed by atoms with Gasteiger partial charge in [-0.1, -0.05) is 18.2 Å². The molecule has 1 fully saturated rings. The van der Waals surface area contributed by atoms with Gasteiger partial charge in [0.2, 0.25) is 17.7 Å². The standard InChI is InChI=1S/C16H18N4O3/c17-11(7-9-8-19-12-4-2-1-3-10(9)12)16(23)20-13(15(18)22)5-6-14(20)21/h1-4,8,11,13,19H,5-7,17H2,(H2,18,22)/t11?,13-/m0/s1. The number of hydrogen-bond acceptors (Lipinski definition) is 4. The second-order valence-electron chi connectivity index (χ2n) is 5.73. The number of fused-ring (bicyclic) bond motifs is 1. The molecule has 0 bridgehead atoms. The fourth-order valence-corrected chi connectivity index (χ4v) is 3.03. The number of nitrogens with zero attached hydrogens (tertiary/aromatic N) is 1. The van der Waals surface area contributed by atoms with Crippen molar-refractivity contribution in [3.05, 3.63) is 36.0 Å². The molecule has 7 nitrogen and oxygen atoms in total. The van der Waals surface area contributed by atoms with Crippen molar-refractivity contribution in [3.63, 3.8) is 0 Å². The van der Waals surface area contributed by atoms with Crippen LogP contribution in [0.15, 0.2) is 30.5 Å². The van der Waals surface area contributed by atoms with Crippen LogP contribution in [0, 0.1) is 0 Å². The molecular weight excluding hydrogens is 296 g/mol. The van der Waals surface area contributed by atoms with Crippen LogP contribution in [0.2, 0.25) is 0 Å². The van der Waals surface area contributed by atoms with Crippen molar-refractivity contribution in [1.82, 2.24) is 9.88 Å². The molecule has 120 valence electrons. The van der Waals surface area contributed by atoms with E-state index in [2.05, 4.69) is 4.98 Å². The van der Waals surface area contributed by atoms with Crippen molar-refractivity contribution in [2.45, 2.75) is 31.3 Å². The molecule has 7 heteroatoms. The van der Waals surface area contributed by atoms with Crippen LogP contribution in [0.1, 0.15) is 18.4 Å². The van der Waals surface area contributed by atoms with Crippen LogP contribution in [-0.4, -0.2) is 39.7 Å². The minimum Gasteiger partial charge on any atom is -0.368 e. The Balaban J connectivity index is 1.80. The third kappa shape index (κ3) is 2.70. The Labute approximate surface area is 132 Å². The van der Waals surface area contributed by atoms with Crippen LogP contribution >= 0.6 is 0 Å². The second kappa shape index (κ2) is 5.85. The third-order valence-electron chi connectivity index (χ3n) is 4.21. The molecule has 1 unspecified atom stereocenters. The normalized spacial score (nSPS) is 19.3. The lowest BCUT2D eigenvalue weighted by Crippen LogP contribution is -2.52. The first-order valence-corrected chi connectivity index (χ1v) is 7.45. The second-order valence-corrected chi connectivity index (χ2v) is 5.73. The summed E-state index contributed by atoms with van der Waals surface area (Å²) in [5.41, 5.74) is 13.1. The topological polar surface area (TPSA) is 122 Å². The molecule has 2 atom stereocenters. The molecule has 0 radical (unpaired) electrons. The van der Waals surface area contributed by atoms with E-state index in [1.165, 1.54) is 0 Å². The Morgan fingerprint density at radius 1 is 1.35 bits per heavy atom. The van der Waals surface area contributed by atoms with E-state index < -0.39 is 29.8 Å². The highest BCUT2D eigenvalue weighted by Crippen LogP contribution is 2.22. The summed E-state index contributed by atoms with van der Waals surface area (Å²) in [5, 5.41) is 0.981. The van der Waals surface area contributed by atoms with Gasteiger partial charge in [-0.05, 0) is 24.5 Å². The van der Waals surface area contributed by atoms with E-state index in [-0.39, 0.29) is 19.3 Å². The van der Waals surface area contributed by atoms with E-state index in [9.17, 15) is 14.4 Å². The number of hydrogen-bond donors (Lipinski definition) is 3. The number of para-hydroxylation sites is 1. The molecule has 0 saturated carbocycles. The molecule has 1 aromatic carbocycles. The van der Waals surface area contributed by atoms with Gasteiger partial charge in [0.05, 0.1) is 6.04 Å². The van der Waals surface area contributed by atoms with Gasteiger partial charge in [0.1, 0.15) is 6.04 Å². The van der Waals surface area contributed by atoms with E-state index >= 15 is 0 Å². The van der Waals surface area contributed by atoms with Gasteiger partial charge in [0.15, 0.2) is 0 Å². The van der Waals surface area contributed by atoms with Crippen LogP contribution in [0.25, 0.3) is 10.9 Å². The molecule has 2 aromatic rings. The number of aromatic amines is 1. The smallest absolute Gasteiger partial charge is 0.247 e. The van der Waals surface area contributed by atoms with Crippen molar-refractivity contribution in [3.8, 4) is 0 Å². The van der Waals surface area contributed by atoms with Crippen molar-refractivity contribution in [1.29, 1.82) is 0 Å². The lowest BCUT2D eigenvalue weighted by atomic mass is 10.0. The predicted molar refractivity (Wildman–Crippen MR) is 84.0 cm³/mol. The zero-order valence-electron chi connectivity index (χ0n) is 12.5. The summed E-state index contributed by atoms with van der Waals surface area (Å²) in [4.78, 5) is 39.8. The van der Waals surface area contributed by atoms with Crippen LogP contribution in [-0.2, 0) is 20.8 Å². The first-order valence-electron chi connectivity index (χ1n) is 7.45. The maximum atomic E-state index is 12.5. The number of rotatable bonds is 4. The monoisotopic (exact) mass is 314 g/mol. The van der Waals surface area contributed by atoms with Gasteiger partial charge >= 0.3 is 0 Å². The van der Waals surface area contributed by atoms with Gasteiger partial charge < -0.3 is 16.5 Å². The van der Waals surface area contributed by atoms with Crippen LogP contribution in [0.3, 0.4) is 0 Å². The van der Waals surface area contributed by atoms with Gasteiger partial charge in [-0.3, -0.25) is 19.3 Å². The number of carbonyl (C=O) groups excluding carboxylic acids is 3. The first kappa shape index (κ1) is 15.2. The molecule has 1 aliphatic heterocycles. The summed E-state index contributed by atoms with van der Waals surface area (Å²) >= 11 is 0. The van der Waals surface area contributed by atoms with E-state index in [0.29, 0.717) is 0 Å². The highest BCUT2D eigenvalue weighted by atomic mass is 16.2. The number of primary amides is 1. The average molecular weight is 314 g/mol. The fraction of sp³-hybridized carbons (Fsp3) is 0.312. The SMILES string of the molecule is NC(=O)[C@@H]1CCC(=O)N1C(=O)C(N)Cc1c[nH]c2ccccc12. The van der Waals surface area contributed by atoms with E-state index in [1.54, 1.807) is 6.20 Å². The predicted octanol–water partition coefficient (Wildman–Crippen LogP) is 0.0406. The van der Waals surface area contributed by atoms with Crippen LogP contribution in [0.4, 0.5) is 0 Å². The highest BCUT2D eigenvalue weighted by molar-refractivity contribution is 6.04. The number of H-pyrrole nitrogens is 1. The summed E-state index contributed by atoms with van der Waals surface area (Å²) < 4.78 is 0. The minimum absolute atomic E-state index is 0.138. The molecule has 1 aromatic heterocycles. The number of carbonyl (C=O) groups is 3. The third-order valence-corrected chi connectivity index (χ3v) is 4.21. The minimum atomic E-state index is -0.905. The van der Waals surface area contributed by atoms with Gasteiger partial charge in [-0.25, -0.2) is 0 Å². The molecule has 23 heavy (non-hydrogen) atoms. The molecule has 2 heterocycles. The summed E-state index contributed by atoms with van der Waals surface area (Å²) in [6.45, 7) is 0. The maximum Gasteiger partial charge on any atom is 0.247 e. The number of nitrogens with one attached hydrogen (secondary N) is 1. The van der Waals surface area contributed by atoms with Crippen molar-refractivity contribution in [2.75, 3.05) is 0 Å².